The first-order chi connectivity index (χ1) is 14.4. The van der Waals surface area contributed by atoms with Crippen molar-refractivity contribution in [3.63, 3.8) is 0 Å². The number of benzene rings is 2. The molecule has 2 aliphatic rings. The number of carbonyl (C=O) groups is 2. The first-order valence-corrected chi connectivity index (χ1v) is 10.2. The van der Waals surface area contributed by atoms with Crippen molar-refractivity contribution in [1.29, 1.82) is 0 Å². The van der Waals surface area contributed by atoms with E-state index in [2.05, 4.69) is 20.7 Å². The zero-order valence-corrected chi connectivity index (χ0v) is 17.1. The second-order valence-corrected chi connectivity index (χ2v) is 8.82. The molecule has 0 bridgehead atoms. The lowest BCUT2D eigenvalue weighted by Crippen LogP contribution is -2.40. The number of hydrogen-bond acceptors (Lipinski definition) is 4. The molecule has 154 valence electrons. The van der Waals surface area contributed by atoms with E-state index in [1.807, 2.05) is 12.1 Å². The lowest BCUT2D eigenvalue weighted by molar-refractivity contribution is 0.0937. The van der Waals surface area contributed by atoms with Crippen molar-refractivity contribution in [2.24, 2.45) is 11.3 Å². The Kier molecular flexibility index (Phi) is 4.37. The first kappa shape index (κ1) is 19.1. The number of nitrogens with one attached hydrogen (secondary N) is 2. The summed E-state index contributed by atoms with van der Waals surface area (Å²) in [6.07, 6.45) is -0.371. The van der Waals surface area contributed by atoms with Crippen LogP contribution in [0.2, 0.25) is 10.0 Å². The quantitative estimate of drug-likeness (QED) is 0.570. The highest BCUT2D eigenvalue weighted by Gasteiger charge is 2.70. The van der Waals surface area contributed by atoms with Crippen LogP contribution in [0, 0.1) is 11.3 Å². The molecule has 2 aromatic carbocycles. The van der Waals surface area contributed by atoms with Gasteiger partial charge in [0.1, 0.15) is 5.52 Å². The van der Waals surface area contributed by atoms with Crippen LogP contribution < -0.4 is 5.32 Å². The fraction of sp³-hybridized carbons (Fsp3) is 0.300. The average Bonchev–Trinajstić information content (AvgIpc) is 3.07. The number of rotatable bonds is 4. The molecule has 1 saturated heterocycles. The van der Waals surface area contributed by atoms with Crippen LogP contribution in [-0.4, -0.2) is 56.5 Å². The van der Waals surface area contributed by atoms with Crippen molar-refractivity contribution in [1.82, 2.24) is 25.6 Å². The van der Waals surface area contributed by atoms with Gasteiger partial charge in [0, 0.05) is 46.1 Å². The number of fused-ring (bicyclic) bond motifs is 2. The summed E-state index contributed by atoms with van der Waals surface area (Å²) in [5, 5.41) is 24.0. The van der Waals surface area contributed by atoms with Gasteiger partial charge in [0.25, 0.3) is 5.91 Å². The third-order valence-electron chi connectivity index (χ3n) is 6.15. The summed E-state index contributed by atoms with van der Waals surface area (Å²) in [5.74, 6) is -0.177. The van der Waals surface area contributed by atoms with Gasteiger partial charge in [-0.1, -0.05) is 28.4 Å². The van der Waals surface area contributed by atoms with Crippen LogP contribution in [0.5, 0.6) is 0 Å². The molecule has 1 unspecified atom stereocenters. The highest BCUT2D eigenvalue weighted by molar-refractivity contribution is 6.34. The van der Waals surface area contributed by atoms with Crippen molar-refractivity contribution in [2.45, 2.75) is 12.5 Å². The summed E-state index contributed by atoms with van der Waals surface area (Å²) in [6.45, 7) is 0.740. The molecular formula is C20H17Cl2N5O3. The van der Waals surface area contributed by atoms with Crippen LogP contribution in [0.4, 0.5) is 4.79 Å². The normalized spacial score (nSPS) is 24.7. The SMILES string of the molecule is O=C(NC1[C@@H]2CN(C(=O)O)C[C@]12Cc1cc(Cl)cc(Cl)c1)c1ccc2nn[nH]c2c1. The Labute approximate surface area is 181 Å². The molecule has 0 spiro atoms. The molecule has 30 heavy (non-hydrogen) atoms. The third-order valence-corrected chi connectivity index (χ3v) is 6.59. The molecule has 1 aromatic heterocycles. The van der Waals surface area contributed by atoms with E-state index in [1.54, 1.807) is 24.3 Å². The number of carboxylic acid groups (broad SMARTS) is 1. The minimum Gasteiger partial charge on any atom is -0.465 e. The van der Waals surface area contributed by atoms with Crippen molar-refractivity contribution in [2.75, 3.05) is 13.1 Å². The van der Waals surface area contributed by atoms with E-state index < -0.39 is 6.09 Å². The number of likely N-dealkylation sites (tertiary alicyclic amines) is 1. The van der Waals surface area contributed by atoms with Crippen LogP contribution in [0.25, 0.3) is 11.0 Å². The largest absolute Gasteiger partial charge is 0.465 e. The third kappa shape index (κ3) is 3.16. The highest BCUT2D eigenvalue weighted by Crippen LogP contribution is 2.59. The predicted molar refractivity (Wildman–Crippen MR) is 111 cm³/mol. The minimum atomic E-state index is -0.951. The van der Waals surface area contributed by atoms with E-state index in [0.29, 0.717) is 46.2 Å². The maximum absolute atomic E-state index is 12.9. The molecule has 1 aliphatic heterocycles. The van der Waals surface area contributed by atoms with Gasteiger partial charge in [-0.05, 0) is 48.4 Å². The number of hydrogen-bond donors (Lipinski definition) is 3. The van der Waals surface area contributed by atoms with Crippen LogP contribution in [0.15, 0.2) is 36.4 Å². The molecule has 1 aliphatic carbocycles. The van der Waals surface area contributed by atoms with E-state index in [9.17, 15) is 14.7 Å². The summed E-state index contributed by atoms with van der Waals surface area (Å²) < 4.78 is 0. The molecule has 2 amide bonds. The second kappa shape index (κ2) is 6.85. The maximum Gasteiger partial charge on any atom is 0.407 e. The van der Waals surface area contributed by atoms with Crippen molar-refractivity contribution in [3.8, 4) is 0 Å². The lowest BCUT2D eigenvalue weighted by Gasteiger charge is -2.22. The topological polar surface area (TPSA) is 111 Å². The number of aromatic nitrogens is 3. The van der Waals surface area contributed by atoms with Gasteiger partial charge in [0.05, 0.1) is 5.52 Å². The Hall–Kier alpha value is -2.84. The molecule has 5 rings (SSSR count). The number of halogens is 2. The maximum atomic E-state index is 12.9. The van der Waals surface area contributed by atoms with Gasteiger partial charge >= 0.3 is 6.09 Å². The minimum absolute atomic E-state index is 0.0351. The van der Waals surface area contributed by atoms with Crippen LogP contribution in [0.3, 0.4) is 0 Å². The van der Waals surface area contributed by atoms with Gasteiger partial charge in [-0.15, -0.1) is 5.10 Å². The molecule has 1 saturated carbocycles. The number of carbonyl (C=O) groups excluding carboxylic acids is 1. The zero-order valence-electron chi connectivity index (χ0n) is 15.6. The first-order valence-electron chi connectivity index (χ1n) is 9.40. The van der Waals surface area contributed by atoms with Gasteiger partial charge in [0.15, 0.2) is 0 Å². The van der Waals surface area contributed by atoms with Crippen LogP contribution >= 0.6 is 23.2 Å². The fourth-order valence-electron chi connectivity index (χ4n) is 4.73. The van der Waals surface area contributed by atoms with Gasteiger partial charge in [-0.3, -0.25) is 9.89 Å². The Balaban J connectivity index is 1.39. The van der Waals surface area contributed by atoms with Gasteiger partial charge in [-0.25, -0.2) is 4.79 Å². The summed E-state index contributed by atoms with van der Waals surface area (Å²) in [7, 11) is 0. The van der Waals surface area contributed by atoms with Gasteiger partial charge in [-0.2, -0.15) is 0 Å². The van der Waals surface area contributed by atoms with E-state index in [0.717, 1.165) is 5.56 Å². The predicted octanol–water partition coefficient (Wildman–Crippen LogP) is 3.22. The summed E-state index contributed by atoms with van der Waals surface area (Å²) in [4.78, 5) is 25.8. The molecule has 3 aromatic rings. The van der Waals surface area contributed by atoms with Gasteiger partial charge in [0.2, 0.25) is 0 Å². The number of piperidine rings is 1. The monoisotopic (exact) mass is 445 g/mol. The number of amides is 2. The van der Waals surface area contributed by atoms with Gasteiger partial charge < -0.3 is 15.3 Å². The molecule has 3 N–H and O–H groups in total. The standard InChI is InChI=1S/C20H17Cl2N5O3/c21-12-3-10(4-13(22)6-12)7-20-9-27(19(29)30)8-14(20)17(20)23-18(28)11-1-2-15-16(5-11)25-26-24-15/h1-6,14,17H,7-9H2,(H,23,28)(H,29,30)(H,24,25,26)/t14-,17?,20-/m0/s1. The Morgan fingerprint density at radius 3 is 2.73 bits per heavy atom. The molecule has 2 fully saturated rings. The molecule has 10 heteroatoms. The molecule has 0 radical (unpaired) electrons. The van der Waals surface area contributed by atoms with Crippen LogP contribution in [-0.2, 0) is 6.42 Å². The summed E-state index contributed by atoms with van der Waals surface area (Å²) in [6, 6.07) is 10.3. The molecular weight excluding hydrogens is 429 g/mol. The lowest BCUT2D eigenvalue weighted by atomic mass is 9.94. The fourth-order valence-corrected chi connectivity index (χ4v) is 5.30. The molecule has 2 heterocycles. The second-order valence-electron chi connectivity index (χ2n) is 7.95. The Morgan fingerprint density at radius 1 is 1.23 bits per heavy atom. The van der Waals surface area contributed by atoms with E-state index in [1.165, 1.54) is 4.90 Å². The highest BCUT2D eigenvalue weighted by atomic mass is 35.5. The summed E-state index contributed by atoms with van der Waals surface area (Å²) >= 11 is 12.3. The Morgan fingerprint density at radius 2 is 2.00 bits per heavy atom. The van der Waals surface area contributed by atoms with Crippen molar-refractivity contribution >= 4 is 46.2 Å². The van der Waals surface area contributed by atoms with E-state index in [-0.39, 0.29) is 23.3 Å². The number of nitrogens with zero attached hydrogens (tertiary/aromatic N) is 3. The smallest absolute Gasteiger partial charge is 0.407 e. The molecule has 3 atom stereocenters. The van der Waals surface area contributed by atoms with Crippen LogP contribution in [0.1, 0.15) is 15.9 Å². The van der Waals surface area contributed by atoms with E-state index >= 15 is 0 Å². The van der Waals surface area contributed by atoms with E-state index in [4.69, 9.17) is 23.2 Å². The van der Waals surface area contributed by atoms with Crippen molar-refractivity contribution in [3.05, 3.63) is 57.6 Å². The molecule has 8 nitrogen and oxygen atoms in total. The average molecular weight is 446 g/mol. The number of aromatic amines is 1. The summed E-state index contributed by atoms with van der Waals surface area (Å²) in [5.41, 5.74) is 2.41. The number of H-pyrrole nitrogens is 1. The van der Waals surface area contributed by atoms with Crippen molar-refractivity contribution < 1.29 is 14.7 Å². The Bertz CT molecular complexity index is 1160. The zero-order chi connectivity index (χ0) is 21.0.